The van der Waals surface area contributed by atoms with Crippen molar-refractivity contribution < 1.29 is 9.47 Å². The van der Waals surface area contributed by atoms with E-state index in [9.17, 15) is 0 Å². The molecule has 1 aliphatic rings. The highest BCUT2D eigenvalue weighted by Gasteiger charge is 2.12. The lowest BCUT2D eigenvalue weighted by molar-refractivity contribution is -0.162. The van der Waals surface area contributed by atoms with Gasteiger partial charge in [-0.05, 0) is 64.2 Å². The highest BCUT2D eigenvalue weighted by atomic mass is 16.7. The van der Waals surface area contributed by atoms with Crippen molar-refractivity contribution >= 4 is 0 Å². The van der Waals surface area contributed by atoms with Crippen molar-refractivity contribution in [1.29, 1.82) is 0 Å². The van der Waals surface area contributed by atoms with Crippen LogP contribution in [0.4, 0.5) is 0 Å². The monoisotopic (exact) mass is 376 g/mol. The molecule has 0 N–H and O–H groups in total. The van der Waals surface area contributed by atoms with Gasteiger partial charge in [-0.3, -0.25) is 0 Å². The summed E-state index contributed by atoms with van der Waals surface area (Å²) in [6.07, 6.45) is 25.9. The molecule has 0 bridgehead atoms. The standard InChI is InChI=1S/C25H44O2/c1-2-3-4-5-6-7-8-9-10-11-12-13-14-15-16-17-18-20-23-26-25-22-19-21-24-27-25/h9-10,25H,2-8,11-14,17-24H2,1H3/b10-9-. The third-order valence-electron chi connectivity index (χ3n) is 5.08. The Balaban J connectivity index is 1.76. The van der Waals surface area contributed by atoms with E-state index in [-0.39, 0.29) is 6.29 Å². The first-order valence-electron chi connectivity index (χ1n) is 11.8. The lowest BCUT2D eigenvalue weighted by Crippen LogP contribution is -2.22. The highest BCUT2D eigenvalue weighted by Crippen LogP contribution is 2.14. The molecule has 2 heteroatoms. The Bertz CT molecular complexity index is 385. The molecule has 0 radical (unpaired) electrons. The summed E-state index contributed by atoms with van der Waals surface area (Å²) < 4.78 is 11.3. The van der Waals surface area contributed by atoms with Crippen LogP contribution in [0.2, 0.25) is 0 Å². The van der Waals surface area contributed by atoms with Gasteiger partial charge in [0, 0.05) is 26.1 Å². The average Bonchev–Trinajstić information content (AvgIpc) is 2.70. The second-order valence-electron chi connectivity index (χ2n) is 7.75. The van der Waals surface area contributed by atoms with Crippen LogP contribution in [0, 0.1) is 11.8 Å². The molecular weight excluding hydrogens is 332 g/mol. The van der Waals surface area contributed by atoms with Crippen LogP contribution >= 0.6 is 0 Å². The SMILES string of the molecule is CCCCCCCC/C=C\CCCCC#CCCCCOC1CCCCO1. The van der Waals surface area contributed by atoms with E-state index in [0.29, 0.717) is 0 Å². The van der Waals surface area contributed by atoms with Crippen LogP contribution in [0.5, 0.6) is 0 Å². The molecule has 27 heavy (non-hydrogen) atoms. The zero-order valence-electron chi connectivity index (χ0n) is 18.0. The van der Waals surface area contributed by atoms with Gasteiger partial charge in [-0.1, -0.05) is 51.2 Å². The summed E-state index contributed by atoms with van der Waals surface area (Å²) in [6, 6.07) is 0. The van der Waals surface area contributed by atoms with E-state index in [1.54, 1.807) is 0 Å². The van der Waals surface area contributed by atoms with Gasteiger partial charge >= 0.3 is 0 Å². The topological polar surface area (TPSA) is 18.5 Å². The van der Waals surface area contributed by atoms with Crippen molar-refractivity contribution in [3.63, 3.8) is 0 Å². The van der Waals surface area contributed by atoms with Gasteiger partial charge in [0.05, 0.1) is 0 Å². The summed E-state index contributed by atoms with van der Waals surface area (Å²) in [6.45, 7) is 3.96. The van der Waals surface area contributed by atoms with E-state index in [4.69, 9.17) is 9.47 Å². The predicted octanol–water partition coefficient (Wildman–Crippen LogP) is 7.57. The Morgan fingerprint density at radius 2 is 1.48 bits per heavy atom. The Hall–Kier alpha value is -0.780. The van der Waals surface area contributed by atoms with Gasteiger partial charge in [-0.15, -0.1) is 11.8 Å². The Labute approximate surface area is 169 Å². The fourth-order valence-electron chi connectivity index (χ4n) is 3.30. The maximum atomic E-state index is 5.73. The van der Waals surface area contributed by atoms with Crippen LogP contribution in [-0.4, -0.2) is 19.5 Å². The van der Waals surface area contributed by atoms with Gasteiger partial charge in [0.2, 0.25) is 0 Å². The Morgan fingerprint density at radius 1 is 0.815 bits per heavy atom. The quantitative estimate of drug-likeness (QED) is 0.157. The van der Waals surface area contributed by atoms with Crippen LogP contribution in [0.25, 0.3) is 0 Å². The third-order valence-corrected chi connectivity index (χ3v) is 5.08. The van der Waals surface area contributed by atoms with Gasteiger partial charge in [0.15, 0.2) is 6.29 Å². The highest BCUT2D eigenvalue weighted by molar-refractivity contribution is 4.98. The van der Waals surface area contributed by atoms with Crippen LogP contribution < -0.4 is 0 Å². The maximum absolute atomic E-state index is 5.73. The Kier molecular flexibility index (Phi) is 17.9. The number of unbranched alkanes of at least 4 members (excludes halogenated alkanes) is 11. The zero-order chi connectivity index (χ0) is 19.3. The summed E-state index contributed by atoms with van der Waals surface area (Å²) in [7, 11) is 0. The summed E-state index contributed by atoms with van der Waals surface area (Å²) in [4.78, 5) is 0. The molecule has 1 unspecified atom stereocenters. The molecule has 1 aliphatic heterocycles. The molecule has 1 saturated heterocycles. The lowest BCUT2D eigenvalue weighted by atomic mass is 10.1. The molecule has 0 aromatic heterocycles. The maximum Gasteiger partial charge on any atom is 0.157 e. The van der Waals surface area contributed by atoms with Crippen molar-refractivity contribution in [2.45, 2.75) is 122 Å². The zero-order valence-corrected chi connectivity index (χ0v) is 18.0. The molecule has 0 spiro atoms. The fraction of sp³-hybridized carbons (Fsp3) is 0.840. The number of rotatable bonds is 16. The molecule has 156 valence electrons. The van der Waals surface area contributed by atoms with E-state index < -0.39 is 0 Å². The van der Waals surface area contributed by atoms with E-state index in [0.717, 1.165) is 45.3 Å². The number of hydrogen-bond donors (Lipinski definition) is 0. The first-order valence-corrected chi connectivity index (χ1v) is 11.8. The van der Waals surface area contributed by atoms with Crippen LogP contribution in [0.3, 0.4) is 0 Å². The largest absolute Gasteiger partial charge is 0.353 e. The molecule has 0 aliphatic carbocycles. The predicted molar refractivity (Wildman–Crippen MR) is 117 cm³/mol. The molecule has 1 atom stereocenters. The number of ether oxygens (including phenoxy) is 2. The Morgan fingerprint density at radius 3 is 2.19 bits per heavy atom. The van der Waals surface area contributed by atoms with E-state index >= 15 is 0 Å². The van der Waals surface area contributed by atoms with Crippen molar-refractivity contribution in [3.8, 4) is 11.8 Å². The number of hydrogen-bond acceptors (Lipinski definition) is 2. The number of allylic oxidation sites excluding steroid dienone is 2. The minimum Gasteiger partial charge on any atom is -0.353 e. The molecule has 1 rings (SSSR count). The van der Waals surface area contributed by atoms with Crippen molar-refractivity contribution in [3.05, 3.63) is 12.2 Å². The van der Waals surface area contributed by atoms with E-state index in [1.165, 1.54) is 77.0 Å². The molecule has 0 aromatic rings. The minimum absolute atomic E-state index is 0.0599. The van der Waals surface area contributed by atoms with Crippen LogP contribution in [-0.2, 0) is 9.47 Å². The average molecular weight is 377 g/mol. The lowest BCUT2D eigenvalue weighted by Gasteiger charge is -2.22. The molecule has 2 nitrogen and oxygen atoms in total. The van der Waals surface area contributed by atoms with Crippen molar-refractivity contribution in [2.24, 2.45) is 0 Å². The molecule has 0 saturated carbocycles. The summed E-state index contributed by atoms with van der Waals surface area (Å²) in [5.74, 6) is 6.63. The van der Waals surface area contributed by atoms with Crippen molar-refractivity contribution in [2.75, 3.05) is 13.2 Å². The summed E-state index contributed by atoms with van der Waals surface area (Å²) >= 11 is 0. The van der Waals surface area contributed by atoms with Gasteiger partial charge in [-0.2, -0.15) is 0 Å². The van der Waals surface area contributed by atoms with Gasteiger partial charge in [0.25, 0.3) is 0 Å². The first kappa shape index (κ1) is 24.3. The van der Waals surface area contributed by atoms with Crippen molar-refractivity contribution in [1.82, 2.24) is 0 Å². The summed E-state index contributed by atoms with van der Waals surface area (Å²) in [5.41, 5.74) is 0. The smallest absolute Gasteiger partial charge is 0.157 e. The van der Waals surface area contributed by atoms with E-state index in [2.05, 4.69) is 30.9 Å². The summed E-state index contributed by atoms with van der Waals surface area (Å²) in [5, 5.41) is 0. The van der Waals surface area contributed by atoms with Crippen LogP contribution in [0.15, 0.2) is 12.2 Å². The second-order valence-corrected chi connectivity index (χ2v) is 7.75. The van der Waals surface area contributed by atoms with E-state index in [1.807, 2.05) is 0 Å². The molecule has 1 heterocycles. The minimum atomic E-state index is 0.0599. The normalized spacial score (nSPS) is 17.1. The first-order chi connectivity index (χ1) is 13.4. The van der Waals surface area contributed by atoms with Gasteiger partial charge in [0.1, 0.15) is 0 Å². The second kappa shape index (κ2) is 20.0. The molecule has 0 amide bonds. The van der Waals surface area contributed by atoms with Crippen LogP contribution in [0.1, 0.15) is 116 Å². The fourth-order valence-corrected chi connectivity index (χ4v) is 3.30. The van der Waals surface area contributed by atoms with Gasteiger partial charge in [-0.25, -0.2) is 0 Å². The molecular formula is C25H44O2. The molecule has 0 aromatic carbocycles. The van der Waals surface area contributed by atoms with Gasteiger partial charge < -0.3 is 9.47 Å². The molecule has 1 fully saturated rings. The third kappa shape index (κ3) is 17.1.